The Kier molecular flexibility index (Phi) is 8.07. The van der Waals surface area contributed by atoms with Crippen LogP contribution < -0.4 is 10.6 Å². The Hall–Kier alpha value is -4.25. The Morgan fingerprint density at radius 3 is 2.56 bits per heavy atom. The van der Waals surface area contributed by atoms with E-state index in [1.807, 2.05) is 18.2 Å². The zero-order valence-corrected chi connectivity index (χ0v) is 22.8. The quantitative estimate of drug-likeness (QED) is 0.283. The zero-order chi connectivity index (χ0) is 29.1. The fourth-order valence-electron chi connectivity index (χ4n) is 5.86. The van der Waals surface area contributed by atoms with Gasteiger partial charge < -0.3 is 25.0 Å². The van der Waals surface area contributed by atoms with Crippen molar-refractivity contribution in [2.75, 3.05) is 39.9 Å². The summed E-state index contributed by atoms with van der Waals surface area (Å²) in [7, 11) is 1.65. The van der Waals surface area contributed by atoms with Crippen LogP contribution in [0.15, 0.2) is 72.1 Å². The summed E-state index contributed by atoms with van der Waals surface area (Å²) in [6.45, 7) is 6.61. The van der Waals surface area contributed by atoms with Gasteiger partial charge in [0.2, 0.25) is 0 Å². The molecule has 3 aliphatic rings. The van der Waals surface area contributed by atoms with Crippen molar-refractivity contribution in [1.29, 1.82) is 0 Å². The molecule has 1 atom stereocenters. The fraction of sp³-hybridized carbons (Fsp3) is 0.367. The number of imide groups is 1. The number of likely N-dealkylation sites (tertiary alicyclic amines) is 1. The van der Waals surface area contributed by atoms with Crippen molar-refractivity contribution in [3.63, 3.8) is 0 Å². The van der Waals surface area contributed by atoms with E-state index in [-0.39, 0.29) is 35.4 Å². The van der Waals surface area contributed by atoms with Crippen LogP contribution in [0.25, 0.3) is 0 Å². The van der Waals surface area contributed by atoms with Gasteiger partial charge in [0.15, 0.2) is 11.6 Å². The lowest BCUT2D eigenvalue weighted by atomic mass is 9.71. The highest BCUT2D eigenvalue weighted by Gasteiger charge is 2.46. The number of benzene rings is 2. The molecule has 1 fully saturated rings. The molecule has 0 saturated carbocycles. The van der Waals surface area contributed by atoms with E-state index in [0.717, 1.165) is 48.7 Å². The Bertz CT molecular complexity index is 1390. The number of halogens is 2. The number of piperidine rings is 1. The van der Waals surface area contributed by atoms with Gasteiger partial charge in [-0.1, -0.05) is 43.0 Å². The van der Waals surface area contributed by atoms with Crippen molar-refractivity contribution >= 4 is 18.0 Å². The first-order valence-electron chi connectivity index (χ1n) is 13.5. The standard InChI is InChI=1S/C30H32F2N4O5/c1-19(40-2)30(21-7-4-3-5-8-21)11-15-35(16-12-30)14-6-13-33-28(38)36-26(20-9-10-22(31)23(32)17-20)25-24(34-29(36)39)18-41-27(25)37/h3-5,7-10,17,26H,1,6,11-16,18H2,2H3,(H,33,38)(H,34,39). The van der Waals surface area contributed by atoms with Crippen LogP contribution in [0.1, 0.15) is 36.4 Å². The Balaban J connectivity index is 1.21. The summed E-state index contributed by atoms with van der Waals surface area (Å²) in [5, 5.41) is 5.24. The molecule has 4 amide bonds. The maximum Gasteiger partial charge on any atom is 0.338 e. The van der Waals surface area contributed by atoms with Crippen LogP contribution in [0, 0.1) is 11.6 Å². The molecule has 0 spiro atoms. The topological polar surface area (TPSA) is 100 Å². The molecule has 0 radical (unpaired) electrons. The third-order valence-electron chi connectivity index (χ3n) is 8.12. The molecule has 1 unspecified atom stereocenters. The van der Waals surface area contributed by atoms with Crippen LogP contribution in [-0.2, 0) is 19.7 Å². The lowest BCUT2D eigenvalue weighted by Gasteiger charge is -2.42. The van der Waals surface area contributed by atoms with E-state index in [4.69, 9.17) is 9.47 Å². The van der Waals surface area contributed by atoms with E-state index < -0.39 is 35.7 Å². The van der Waals surface area contributed by atoms with Crippen molar-refractivity contribution in [1.82, 2.24) is 20.4 Å². The number of methoxy groups -OCH3 is 1. The highest BCUT2D eigenvalue weighted by Crippen LogP contribution is 2.41. The number of nitrogens with zero attached hydrogens (tertiary/aromatic N) is 2. The number of carbonyl (C=O) groups is 3. The molecule has 1 saturated heterocycles. The van der Waals surface area contributed by atoms with Gasteiger partial charge in [-0.25, -0.2) is 28.1 Å². The highest BCUT2D eigenvalue weighted by molar-refractivity contribution is 6.03. The summed E-state index contributed by atoms with van der Waals surface area (Å²) in [5.74, 6) is -2.23. The van der Waals surface area contributed by atoms with Crippen LogP contribution in [0.5, 0.6) is 0 Å². The summed E-state index contributed by atoms with van der Waals surface area (Å²) >= 11 is 0. The van der Waals surface area contributed by atoms with Crippen LogP contribution in [0.2, 0.25) is 0 Å². The number of urea groups is 2. The van der Waals surface area contributed by atoms with E-state index in [2.05, 4.69) is 34.2 Å². The molecule has 2 aromatic carbocycles. The number of esters is 1. The van der Waals surface area contributed by atoms with Gasteiger partial charge in [0.25, 0.3) is 0 Å². The summed E-state index contributed by atoms with van der Waals surface area (Å²) in [6, 6.07) is 10.4. The second kappa shape index (κ2) is 11.7. The number of hydrogen-bond acceptors (Lipinski definition) is 6. The van der Waals surface area contributed by atoms with Gasteiger partial charge in [-0.05, 0) is 62.2 Å². The second-order valence-electron chi connectivity index (χ2n) is 10.3. The molecule has 41 heavy (non-hydrogen) atoms. The third kappa shape index (κ3) is 5.41. The van der Waals surface area contributed by atoms with Crippen molar-refractivity contribution < 1.29 is 32.6 Å². The maximum absolute atomic E-state index is 14.1. The molecule has 2 N–H and O–H groups in total. The fourth-order valence-corrected chi connectivity index (χ4v) is 5.86. The summed E-state index contributed by atoms with van der Waals surface area (Å²) in [6.07, 6.45) is 2.29. The molecule has 5 rings (SSSR count). The second-order valence-corrected chi connectivity index (χ2v) is 10.3. The van der Waals surface area contributed by atoms with Crippen molar-refractivity contribution in [3.8, 4) is 0 Å². The van der Waals surface area contributed by atoms with Crippen LogP contribution in [0.4, 0.5) is 18.4 Å². The molecule has 0 bridgehead atoms. The van der Waals surface area contributed by atoms with Gasteiger partial charge in [0.05, 0.1) is 29.6 Å². The van der Waals surface area contributed by atoms with E-state index >= 15 is 0 Å². The molecule has 3 aliphatic heterocycles. The van der Waals surface area contributed by atoms with Gasteiger partial charge in [-0.15, -0.1) is 0 Å². The number of cyclic esters (lactones) is 1. The van der Waals surface area contributed by atoms with Crippen LogP contribution >= 0.6 is 0 Å². The molecule has 9 nitrogen and oxygen atoms in total. The van der Waals surface area contributed by atoms with E-state index in [0.29, 0.717) is 13.0 Å². The van der Waals surface area contributed by atoms with Crippen LogP contribution in [0.3, 0.4) is 0 Å². The molecule has 3 heterocycles. The molecule has 216 valence electrons. The highest BCUT2D eigenvalue weighted by atomic mass is 19.2. The Labute approximate surface area is 236 Å². The Morgan fingerprint density at radius 2 is 1.88 bits per heavy atom. The summed E-state index contributed by atoms with van der Waals surface area (Å²) < 4.78 is 38.3. The number of hydrogen-bond donors (Lipinski definition) is 2. The van der Waals surface area contributed by atoms with Crippen molar-refractivity contribution in [2.45, 2.75) is 30.7 Å². The number of rotatable bonds is 8. The van der Waals surface area contributed by atoms with Gasteiger partial charge >= 0.3 is 18.0 Å². The van der Waals surface area contributed by atoms with Gasteiger partial charge in [-0.3, -0.25) is 0 Å². The summed E-state index contributed by atoms with van der Waals surface area (Å²) in [5.41, 5.74) is 1.21. The number of nitrogens with one attached hydrogen (secondary N) is 2. The van der Waals surface area contributed by atoms with E-state index in [1.165, 1.54) is 11.6 Å². The average Bonchev–Trinajstić information content (AvgIpc) is 3.35. The first-order chi connectivity index (χ1) is 19.7. The lowest BCUT2D eigenvalue weighted by Crippen LogP contribution is -2.54. The predicted molar refractivity (Wildman–Crippen MR) is 145 cm³/mol. The minimum Gasteiger partial charge on any atom is -0.501 e. The number of ether oxygens (including phenoxy) is 2. The number of allylic oxidation sites excluding steroid dienone is 1. The third-order valence-corrected chi connectivity index (χ3v) is 8.12. The number of amides is 4. The number of carbonyl (C=O) groups excluding carboxylic acids is 3. The minimum atomic E-state index is -1.26. The van der Waals surface area contributed by atoms with Crippen molar-refractivity contribution in [3.05, 3.63) is 94.9 Å². The molecular formula is C30H32F2N4O5. The smallest absolute Gasteiger partial charge is 0.338 e. The zero-order valence-electron chi connectivity index (χ0n) is 22.8. The molecule has 0 aromatic heterocycles. The molecular weight excluding hydrogens is 534 g/mol. The van der Waals surface area contributed by atoms with E-state index in [1.54, 1.807) is 7.11 Å². The first-order valence-corrected chi connectivity index (χ1v) is 13.5. The molecule has 2 aromatic rings. The maximum atomic E-state index is 14.1. The van der Waals surface area contributed by atoms with Gasteiger partial charge in [0.1, 0.15) is 12.6 Å². The largest absolute Gasteiger partial charge is 0.501 e. The normalized spacial score (nSPS) is 20.3. The van der Waals surface area contributed by atoms with Gasteiger partial charge in [0, 0.05) is 6.54 Å². The predicted octanol–water partition coefficient (Wildman–Crippen LogP) is 4.14. The minimum absolute atomic E-state index is 0.0126. The van der Waals surface area contributed by atoms with Crippen LogP contribution in [-0.4, -0.2) is 67.7 Å². The molecule has 0 aliphatic carbocycles. The van der Waals surface area contributed by atoms with Crippen molar-refractivity contribution in [2.24, 2.45) is 0 Å². The van der Waals surface area contributed by atoms with E-state index in [9.17, 15) is 23.2 Å². The molecule has 11 heteroatoms. The first kappa shape index (κ1) is 28.3. The monoisotopic (exact) mass is 566 g/mol. The average molecular weight is 567 g/mol. The SMILES string of the molecule is C=C(OC)C1(c2ccccc2)CCN(CCCNC(=O)N2C(=O)NC3=C(C(=O)OC3)C2c2ccc(F)c(F)c2)CC1. The van der Waals surface area contributed by atoms with Gasteiger partial charge in [-0.2, -0.15) is 0 Å². The Morgan fingerprint density at radius 1 is 1.15 bits per heavy atom. The lowest BCUT2D eigenvalue weighted by molar-refractivity contribution is -0.136. The summed E-state index contributed by atoms with van der Waals surface area (Å²) in [4.78, 5) is 41.7.